The summed E-state index contributed by atoms with van der Waals surface area (Å²) in [5, 5.41) is 3.11. The number of rotatable bonds is 4. The van der Waals surface area contributed by atoms with Crippen molar-refractivity contribution in [2.24, 2.45) is 0 Å². The lowest BCUT2D eigenvalue weighted by Crippen LogP contribution is -2.46. The Balaban J connectivity index is 1.54. The number of hydrogen-bond acceptors (Lipinski definition) is 3. The van der Waals surface area contributed by atoms with E-state index in [0.717, 1.165) is 25.7 Å². The Labute approximate surface area is 181 Å². The molecular formula is C25H27FN2O3. The molecule has 1 saturated carbocycles. The predicted molar refractivity (Wildman–Crippen MR) is 118 cm³/mol. The number of anilines is 1. The average Bonchev–Trinajstić information content (AvgIpc) is 2.74. The fraction of sp³-hybridized carbons (Fsp3) is 0.360. The zero-order chi connectivity index (χ0) is 21.6. The van der Waals surface area contributed by atoms with Gasteiger partial charge in [0.1, 0.15) is 12.4 Å². The molecule has 4 rings (SSSR count). The van der Waals surface area contributed by atoms with Gasteiger partial charge in [-0.05, 0) is 37.1 Å². The van der Waals surface area contributed by atoms with Crippen LogP contribution in [-0.4, -0.2) is 24.4 Å². The van der Waals surface area contributed by atoms with Gasteiger partial charge in [0.05, 0.1) is 5.69 Å². The molecule has 0 spiro atoms. The molecule has 2 aliphatic rings. The number of carbonyl (C=O) groups excluding carboxylic acids is 2. The lowest BCUT2D eigenvalue weighted by Gasteiger charge is -2.31. The van der Waals surface area contributed by atoms with Gasteiger partial charge >= 0.3 is 0 Å². The second-order valence-electron chi connectivity index (χ2n) is 8.10. The van der Waals surface area contributed by atoms with Crippen LogP contribution in [0.3, 0.4) is 0 Å². The molecule has 1 fully saturated rings. The van der Waals surface area contributed by atoms with Crippen molar-refractivity contribution in [3.05, 3.63) is 65.7 Å². The summed E-state index contributed by atoms with van der Waals surface area (Å²) in [4.78, 5) is 27.4. The number of hydrogen-bond donors (Lipinski definition) is 1. The van der Waals surface area contributed by atoms with E-state index in [1.54, 1.807) is 42.5 Å². The minimum absolute atomic E-state index is 0.0115. The summed E-state index contributed by atoms with van der Waals surface area (Å²) in [7, 11) is 0. The third kappa shape index (κ3) is 5.13. The standard InChI is InChI=1S/C25H27FN2O3/c26-20-13-7-6-10-18(20)16-23-25(30)28(21-14-8-9-15-22(21)31-23)17-24(29)27-19-11-4-2-1-3-5-12-19/h6-10,13-16,19H,1-5,11-12,17H2,(H,27,29)/b23-16-. The molecular weight excluding hydrogens is 395 g/mol. The van der Waals surface area contributed by atoms with Gasteiger partial charge in [0.25, 0.3) is 5.91 Å². The van der Waals surface area contributed by atoms with Gasteiger partial charge in [-0.25, -0.2) is 4.39 Å². The average molecular weight is 423 g/mol. The third-order valence-corrected chi connectivity index (χ3v) is 5.80. The van der Waals surface area contributed by atoms with E-state index in [0.29, 0.717) is 11.4 Å². The SMILES string of the molecule is O=C(CN1C(=O)/C(=C/c2ccccc2F)Oc2ccccc21)NC1CCCCCCC1. The molecule has 1 aliphatic carbocycles. The first-order valence-electron chi connectivity index (χ1n) is 11.0. The molecule has 162 valence electrons. The van der Waals surface area contributed by atoms with Crippen LogP contribution in [0.5, 0.6) is 5.75 Å². The first-order chi connectivity index (χ1) is 15.1. The van der Waals surface area contributed by atoms with E-state index < -0.39 is 11.7 Å². The normalized spacial score (nSPS) is 18.7. The van der Waals surface area contributed by atoms with Gasteiger partial charge in [-0.15, -0.1) is 0 Å². The molecule has 1 aliphatic heterocycles. The molecule has 0 atom stereocenters. The van der Waals surface area contributed by atoms with E-state index in [2.05, 4.69) is 5.32 Å². The van der Waals surface area contributed by atoms with Gasteiger partial charge in [0.15, 0.2) is 11.5 Å². The highest BCUT2D eigenvalue weighted by molar-refractivity contribution is 6.12. The number of ether oxygens (including phenoxy) is 1. The maximum atomic E-state index is 14.1. The van der Waals surface area contributed by atoms with Gasteiger partial charge < -0.3 is 10.1 Å². The molecule has 6 heteroatoms. The molecule has 0 radical (unpaired) electrons. The van der Waals surface area contributed by atoms with Crippen LogP contribution in [0, 0.1) is 5.82 Å². The number of halogens is 1. The van der Waals surface area contributed by atoms with Crippen molar-refractivity contribution in [3.63, 3.8) is 0 Å². The Hall–Kier alpha value is -3.15. The molecule has 0 unspecified atom stereocenters. The van der Waals surface area contributed by atoms with E-state index in [1.807, 2.05) is 0 Å². The molecule has 1 heterocycles. The highest BCUT2D eigenvalue weighted by Gasteiger charge is 2.32. The van der Waals surface area contributed by atoms with Crippen LogP contribution < -0.4 is 15.0 Å². The Kier molecular flexibility index (Phi) is 6.65. The molecule has 0 bridgehead atoms. The van der Waals surface area contributed by atoms with Crippen LogP contribution in [0.1, 0.15) is 50.5 Å². The fourth-order valence-electron chi connectivity index (χ4n) is 4.17. The fourth-order valence-corrected chi connectivity index (χ4v) is 4.17. The molecule has 1 N–H and O–H groups in total. The number of nitrogens with one attached hydrogen (secondary N) is 1. The summed E-state index contributed by atoms with van der Waals surface area (Å²) < 4.78 is 19.9. The second-order valence-corrected chi connectivity index (χ2v) is 8.10. The molecule has 31 heavy (non-hydrogen) atoms. The lowest BCUT2D eigenvalue weighted by atomic mass is 9.97. The number of para-hydroxylation sites is 2. The Morgan fingerprint density at radius 3 is 2.48 bits per heavy atom. The van der Waals surface area contributed by atoms with Crippen LogP contribution >= 0.6 is 0 Å². The van der Waals surface area contributed by atoms with Crippen molar-refractivity contribution >= 4 is 23.6 Å². The Morgan fingerprint density at radius 2 is 1.71 bits per heavy atom. The maximum Gasteiger partial charge on any atom is 0.294 e. The summed E-state index contributed by atoms with van der Waals surface area (Å²) in [6.07, 6.45) is 9.21. The first kappa shape index (κ1) is 21.1. The Morgan fingerprint density at radius 1 is 1.03 bits per heavy atom. The summed E-state index contributed by atoms with van der Waals surface area (Å²) in [5.41, 5.74) is 0.787. The first-order valence-corrected chi connectivity index (χ1v) is 11.0. The topological polar surface area (TPSA) is 58.6 Å². The van der Waals surface area contributed by atoms with Gasteiger partial charge in [-0.3, -0.25) is 14.5 Å². The van der Waals surface area contributed by atoms with Crippen molar-refractivity contribution in [2.45, 2.75) is 51.0 Å². The largest absolute Gasteiger partial charge is 0.449 e. The summed E-state index contributed by atoms with van der Waals surface area (Å²) in [6, 6.07) is 13.4. The quantitative estimate of drug-likeness (QED) is 0.719. The molecule has 2 aromatic carbocycles. The van der Waals surface area contributed by atoms with E-state index in [9.17, 15) is 14.0 Å². The van der Waals surface area contributed by atoms with Crippen LogP contribution in [0.15, 0.2) is 54.3 Å². The van der Waals surface area contributed by atoms with Crippen molar-refractivity contribution in [3.8, 4) is 5.75 Å². The van der Waals surface area contributed by atoms with E-state index in [4.69, 9.17) is 4.74 Å². The minimum Gasteiger partial charge on any atom is -0.449 e. The second kappa shape index (κ2) is 9.77. The predicted octanol–water partition coefficient (Wildman–Crippen LogP) is 4.82. The van der Waals surface area contributed by atoms with Gasteiger partial charge in [0, 0.05) is 11.6 Å². The van der Waals surface area contributed by atoms with Crippen molar-refractivity contribution in [2.75, 3.05) is 11.4 Å². The number of fused-ring (bicyclic) bond motifs is 1. The smallest absolute Gasteiger partial charge is 0.294 e. The molecule has 5 nitrogen and oxygen atoms in total. The molecule has 2 amide bonds. The highest BCUT2D eigenvalue weighted by atomic mass is 19.1. The van der Waals surface area contributed by atoms with E-state index in [-0.39, 0.29) is 29.8 Å². The zero-order valence-corrected chi connectivity index (χ0v) is 17.5. The molecule has 2 aromatic rings. The number of amides is 2. The van der Waals surface area contributed by atoms with Crippen LogP contribution in [0.25, 0.3) is 6.08 Å². The van der Waals surface area contributed by atoms with Crippen LogP contribution in [0.2, 0.25) is 0 Å². The highest BCUT2D eigenvalue weighted by Crippen LogP contribution is 2.35. The molecule has 0 saturated heterocycles. The summed E-state index contributed by atoms with van der Waals surface area (Å²) >= 11 is 0. The third-order valence-electron chi connectivity index (χ3n) is 5.80. The van der Waals surface area contributed by atoms with Crippen LogP contribution in [-0.2, 0) is 9.59 Å². The molecule has 0 aromatic heterocycles. The van der Waals surface area contributed by atoms with E-state index >= 15 is 0 Å². The maximum absolute atomic E-state index is 14.1. The van der Waals surface area contributed by atoms with Gasteiger partial charge in [-0.1, -0.05) is 62.4 Å². The van der Waals surface area contributed by atoms with Crippen molar-refractivity contribution in [1.82, 2.24) is 5.32 Å². The Bertz CT molecular complexity index is 980. The van der Waals surface area contributed by atoms with Gasteiger partial charge in [0.2, 0.25) is 5.91 Å². The minimum atomic E-state index is -0.463. The van der Waals surface area contributed by atoms with Gasteiger partial charge in [-0.2, -0.15) is 0 Å². The lowest BCUT2D eigenvalue weighted by molar-refractivity contribution is -0.124. The van der Waals surface area contributed by atoms with Crippen molar-refractivity contribution in [1.29, 1.82) is 0 Å². The zero-order valence-electron chi connectivity index (χ0n) is 17.5. The number of benzene rings is 2. The van der Waals surface area contributed by atoms with Crippen molar-refractivity contribution < 1.29 is 18.7 Å². The van der Waals surface area contributed by atoms with E-state index in [1.165, 1.54) is 36.3 Å². The van der Waals surface area contributed by atoms with Crippen LogP contribution in [0.4, 0.5) is 10.1 Å². The summed E-state index contributed by atoms with van der Waals surface area (Å²) in [5.74, 6) is -0.652. The number of nitrogens with zero attached hydrogens (tertiary/aromatic N) is 1. The number of carbonyl (C=O) groups is 2. The monoisotopic (exact) mass is 422 g/mol. The summed E-state index contributed by atoms with van der Waals surface area (Å²) in [6.45, 7) is -0.107.